The van der Waals surface area contributed by atoms with Crippen molar-refractivity contribution >= 4 is 193 Å². The summed E-state index contributed by atoms with van der Waals surface area (Å²) in [5.41, 5.74) is 0. The molecule has 180 valence electrons. The van der Waals surface area contributed by atoms with E-state index >= 15 is 0 Å². The molecule has 0 aromatic carbocycles. The SMILES string of the molecule is CC1(SCSCSC(SC(SCS)C(SCS)SCS)C(SCS)SCS)SCS1. The molecule has 1 aliphatic rings. The molecule has 16 heteroatoms. The molecular formula is C14H28S16. The molecule has 0 saturated carbocycles. The summed E-state index contributed by atoms with van der Waals surface area (Å²) in [6, 6.07) is 0. The Hall–Kier alpha value is 5.60. The Labute approximate surface area is 258 Å². The fourth-order valence-corrected chi connectivity index (χ4v) is 22.6. The molecule has 2 unspecified atom stereocenters. The fraction of sp³-hybridized carbons (Fsp3) is 1.00. The average Bonchev–Trinajstić information content (AvgIpc) is 2.70. The summed E-state index contributed by atoms with van der Waals surface area (Å²) in [6.07, 6.45) is 0. The standard InChI is InChI=1S/C14H28S16/c1-14(28-9-29-14)27-8-20-7-26-13(11(23-4-17)24-5-18)30-12(25-6-19)10(21-2-15)22-3-16/h10-13,15-19H,2-9H2,1H3. The summed E-state index contributed by atoms with van der Waals surface area (Å²) in [6.45, 7) is 2.35. The van der Waals surface area contributed by atoms with Crippen LogP contribution in [0.5, 0.6) is 0 Å². The molecule has 1 aliphatic heterocycles. The summed E-state index contributed by atoms with van der Waals surface area (Å²) < 4.78 is 2.26. The lowest BCUT2D eigenvalue weighted by Gasteiger charge is -2.35. The summed E-state index contributed by atoms with van der Waals surface area (Å²) in [4.78, 5) is 0. The van der Waals surface area contributed by atoms with E-state index in [4.69, 9.17) is 0 Å². The second-order valence-electron chi connectivity index (χ2n) is 5.11. The maximum absolute atomic E-state index is 4.53. The van der Waals surface area contributed by atoms with Crippen LogP contribution >= 0.6 is 193 Å². The summed E-state index contributed by atoms with van der Waals surface area (Å²) >= 11 is 44.6. The van der Waals surface area contributed by atoms with Gasteiger partial charge in [0.05, 0.1) is 18.3 Å². The molecule has 0 aromatic rings. The molecule has 0 amide bonds. The van der Waals surface area contributed by atoms with Crippen LogP contribution in [0.4, 0.5) is 0 Å². The number of thiol groups is 5. The minimum absolute atomic E-state index is 0.383. The van der Waals surface area contributed by atoms with Gasteiger partial charge in [0.15, 0.2) is 0 Å². The highest BCUT2D eigenvalue weighted by atomic mass is 32.3. The molecule has 30 heavy (non-hydrogen) atoms. The maximum Gasteiger partial charge on any atom is 0.106 e. The van der Waals surface area contributed by atoms with E-state index < -0.39 is 0 Å². The van der Waals surface area contributed by atoms with Gasteiger partial charge >= 0.3 is 0 Å². The van der Waals surface area contributed by atoms with Crippen LogP contribution in [0.2, 0.25) is 0 Å². The lowest BCUT2D eigenvalue weighted by atomic mass is 10.9. The van der Waals surface area contributed by atoms with Crippen molar-refractivity contribution in [3.05, 3.63) is 0 Å². The van der Waals surface area contributed by atoms with Crippen LogP contribution in [0.15, 0.2) is 0 Å². The van der Waals surface area contributed by atoms with E-state index in [0.717, 1.165) is 35.6 Å². The molecule has 1 heterocycles. The molecule has 0 aliphatic carbocycles. The fourth-order valence-electron chi connectivity index (χ4n) is 1.88. The number of hydrogen-bond acceptors (Lipinski definition) is 16. The highest BCUT2D eigenvalue weighted by Gasteiger charge is 2.34. The van der Waals surface area contributed by atoms with Crippen LogP contribution in [-0.2, 0) is 0 Å². The normalized spacial score (nSPS) is 18.0. The Kier molecular flexibility index (Phi) is 24.1. The van der Waals surface area contributed by atoms with Crippen LogP contribution in [0.3, 0.4) is 0 Å². The minimum atomic E-state index is 0.383. The van der Waals surface area contributed by atoms with Gasteiger partial charge in [-0.1, -0.05) is 0 Å². The Bertz CT molecular complexity index is 397. The second-order valence-corrected chi connectivity index (χ2v) is 25.1. The van der Waals surface area contributed by atoms with Gasteiger partial charge in [-0.2, -0.15) is 63.1 Å². The molecule has 1 rings (SSSR count). The van der Waals surface area contributed by atoms with E-state index in [0.29, 0.717) is 21.7 Å². The lowest BCUT2D eigenvalue weighted by molar-refractivity contribution is 1.30. The smallest absolute Gasteiger partial charge is 0.106 e. The molecule has 1 saturated heterocycles. The van der Waals surface area contributed by atoms with Gasteiger partial charge in [-0.3, -0.25) is 0 Å². The van der Waals surface area contributed by atoms with Crippen molar-refractivity contribution in [2.75, 3.05) is 40.7 Å². The number of thioether (sulfide) groups is 11. The van der Waals surface area contributed by atoms with Crippen molar-refractivity contribution in [1.82, 2.24) is 0 Å². The summed E-state index contributed by atoms with van der Waals surface area (Å²) in [5, 5.41) is 7.68. The van der Waals surface area contributed by atoms with Crippen LogP contribution < -0.4 is 0 Å². The van der Waals surface area contributed by atoms with Gasteiger partial charge in [0.25, 0.3) is 0 Å². The van der Waals surface area contributed by atoms with Gasteiger partial charge in [0.2, 0.25) is 0 Å². The Morgan fingerprint density at radius 1 is 0.667 bits per heavy atom. The first-order chi connectivity index (χ1) is 14.5. The molecule has 0 radical (unpaired) electrons. The Balaban J connectivity index is 2.70. The number of hydrogen-bond donors (Lipinski definition) is 5. The quantitative estimate of drug-likeness (QED) is 0.0467. The molecule has 0 bridgehead atoms. The van der Waals surface area contributed by atoms with Crippen molar-refractivity contribution in [3.8, 4) is 0 Å². The molecule has 1 fully saturated rings. The van der Waals surface area contributed by atoms with E-state index in [9.17, 15) is 0 Å². The predicted octanol–water partition coefficient (Wildman–Crippen LogP) is 9.35. The molecular weight excluding hydrogens is 681 g/mol. The van der Waals surface area contributed by atoms with Crippen LogP contribution in [-0.4, -0.2) is 62.4 Å². The van der Waals surface area contributed by atoms with Gasteiger partial charge < -0.3 is 0 Å². The predicted molar refractivity (Wildman–Crippen MR) is 191 cm³/mol. The van der Waals surface area contributed by atoms with Crippen molar-refractivity contribution < 1.29 is 0 Å². The van der Waals surface area contributed by atoms with Crippen molar-refractivity contribution in [3.63, 3.8) is 0 Å². The van der Waals surface area contributed by atoms with Gasteiger partial charge in [-0.15, -0.1) is 129 Å². The van der Waals surface area contributed by atoms with Gasteiger partial charge in [0, 0.05) is 40.7 Å². The molecule has 0 nitrogen and oxygen atoms in total. The van der Waals surface area contributed by atoms with E-state index in [1.165, 1.54) is 5.08 Å². The third kappa shape index (κ3) is 14.5. The third-order valence-corrected chi connectivity index (χ3v) is 22.4. The number of rotatable bonds is 20. The van der Waals surface area contributed by atoms with Crippen molar-refractivity contribution in [1.29, 1.82) is 0 Å². The third-order valence-electron chi connectivity index (χ3n) is 3.27. The van der Waals surface area contributed by atoms with E-state index in [-0.39, 0.29) is 0 Å². The minimum Gasteiger partial charge on any atom is -0.168 e. The van der Waals surface area contributed by atoms with Gasteiger partial charge in [-0.25, -0.2) is 0 Å². The topological polar surface area (TPSA) is 0 Å². The van der Waals surface area contributed by atoms with Crippen LogP contribution in [0.25, 0.3) is 0 Å². The molecule has 0 aromatic heterocycles. The van der Waals surface area contributed by atoms with E-state index in [2.05, 4.69) is 141 Å². The second kappa shape index (κ2) is 21.5. The largest absolute Gasteiger partial charge is 0.168 e. The monoisotopic (exact) mass is 708 g/mol. The average molecular weight is 709 g/mol. The molecule has 0 N–H and O–H groups in total. The Morgan fingerprint density at radius 3 is 1.50 bits per heavy atom. The van der Waals surface area contributed by atoms with E-state index in [1.807, 2.05) is 58.8 Å². The Morgan fingerprint density at radius 2 is 1.10 bits per heavy atom. The van der Waals surface area contributed by atoms with Gasteiger partial charge in [-0.05, 0) is 6.92 Å². The zero-order chi connectivity index (χ0) is 22.2. The van der Waals surface area contributed by atoms with Crippen molar-refractivity contribution in [2.24, 2.45) is 0 Å². The van der Waals surface area contributed by atoms with Crippen molar-refractivity contribution in [2.45, 2.75) is 28.7 Å². The zero-order valence-corrected chi connectivity index (χ0v) is 29.6. The summed E-state index contributed by atoms with van der Waals surface area (Å²) in [7, 11) is 0. The maximum atomic E-state index is 4.53. The lowest BCUT2D eigenvalue weighted by Crippen LogP contribution is -2.22. The summed E-state index contributed by atoms with van der Waals surface area (Å²) in [5.74, 6) is 0. The first-order valence-corrected chi connectivity index (χ1v) is 22.9. The first-order valence-electron chi connectivity index (χ1n) is 8.42. The first kappa shape index (κ1) is 33.6. The van der Waals surface area contributed by atoms with E-state index in [1.54, 1.807) is 0 Å². The van der Waals surface area contributed by atoms with Crippen LogP contribution in [0, 0.1) is 0 Å². The highest BCUT2D eigenvalue weighted by molar-refractivity contribution is 8.46. The molecule has 2 atom stereocenters. The van der Waals surface area contributed by atoms with Gasteiger partial charge in [0.1, 0.15) is 3.41 Å². The van der Waals surface area contributed by atoms with Crippen LogP contribution in [0.1, 0.15) is 6.92 Å². The molecule has 0 spiro atoms. The highest BCUT2D eigenvalue weighted by Crippen LogP contribution is 2.58. The zero-order valence-electron chi connectivity index (χ0n) is 16.2.